The highest BCUT2D eigenvalue weighted by molar-refractivity contribution is 5.80. The van der Waals surface area contributed by atoms with Crippen molar-refractivity contribution in [2.45, 2.75) is 65.5 Å². The topological polar surface area (TPSA) is 72.7 Å². The maximum atomic E-state index is 5.91. The second-order valence-electron chi connectivity index (χ2n) is 7.32. The van der Waals surface area contributed by atoms with Crippen LogP contribution < -0.4 is 10.6 Å². The molecule has 1 atom stereocenters. The third-order valence-electron chi connectivity index (χ3n) is 4.99. The van der Waals surface area contributed by atoms with Crippen LogP contribution in [0, 0.1) is 13.8 Å². The molecule has 0 amide bonds. The first-order valence-corrected chi connectivity index (χ1v) is 10.2. The molecule has 0 saturated carbocycles. The average Bonchev–Trinajstić information content (AvgIpc) is 2.88. The van der Waals surface area contributed by atoms with Crippen LogP contribution in [0.1, 0.15) is 50.1 Å². The molecule has 0 radical (unpaired) electrons. The van der Waals surface area contributed by atoms with Crippen LogP contribution in [0.2, 0.25) is 0 Å². The van der Waals surface area contributed by atoms with E-state index in [-0.39, 0.29) is 6.04 Å². The summed E-state index contributed by atoms with van der Waals surface area (Å²) in [5.41, 5.74) is 3.66. The van der Waals surface area contributed by atoms with Crippen LogP contribution in [-0.4, -0.2) is 60.8 Å². The highest BCUT2D eigenvalue weighted by Gasteiger charge is 2.15. The Morgan fingerprint density at radius 1 is 1.37 bits per heavy atom. The zero-order valence-corrected chi connectivity index (χ0v) is 17.7. The Bertz CT molecular complexity index is 593. The number of rotatable bonds is 9. The Morgan fingerprint density at radius 3 is 2.74 bits per heavy atom. The molecular formula is C20H37N5O2. The fourth-order valence-electron chi connectivity index (χ4n) is 3.37. The summed E-state index contributed by atoms with van der Waals surface area (Å²) in [6.07, 6.45) is 4.25. The molecule has 0 spiro atoms. The van der Waals surface area contributed by atoms with Crippen molar-refractivity contribution in [1.29, 1.82) is 0 Å². The maximum absolute atomic E-state index is 5.91. The number of nitrogens with zero attached hydrogens (tertiary/aromatic N) is 3. The molecule has 0 aromatic carbocycles. The van der Waals surface area contributed by atoms with E-state index in [2.05, 4.69) is 43.4 Å². The lowest BCUT2D eigenvalue weighted by Gasteiger charge is -2.22. The van der Waals surface area contributed by atoms with Gasteiger partial charge >= 0.3 is 0 Å². The predicted octanol–water partition coefficient (Wildman–Crippen LogP) is 2.11. The van der Waals surface area contributed by atoms with Crippen LogP contribution in [0.5, 0.6) is 0 Å². The summed E-state index contributed by atoms with van der Waals surface area (Å²) in [5.74, 6) is 0.871. The van der Waals surface area contributed by atoms with Gasteiger partial charge in [-0.25, -0.2) is 0 Å². The molecule has 1 saturated heterocycles. The molecule has 27 heavy (non-hydrogen) atoms. The van der Waals surface area contributed by atoms with E-state index in [0.717, 1.165) is 70.2 Å². The molecule has 2 N–H and O–H groups in total. The van der Waals surface area contributed by atoms with Gasteiger partial charge in [0, 0.05) is 51.7 Å². The molecule has 1 fully saturated rings. The molecule has 0 bridgehead atoms. The summed E-state index contributed by atoms with van der Waals surface area (Å²) < 4.78 is 13.2. The largest absolute Gasteiger partial charge is 0.381 e. The number of guanidine groups is 1. The van der Waals surface area contributed by atoms with Crippen molar-refractivity contribution in [3.8, 4) is 0 Å². The highest BCUT2D eigenvalue weighted by atomic mass is 16.5. The molecular weight excluding hydrogens is 342 g/mol. The average molecular weight is 380 g/mol. The zero-order valence-electron chi connectivity index (χ0n) is 17.7. The number of aliphatic imine (C=N–C) groups is 1. The summed E-state index contributed by atoms with van der Waals surface area (Å²) in [5, 5.41) is 11.4. The molecule has 1 unspecified atom stereocenters. The van der Waals surface area contributed by atoms with Crippen LogP contribution in [0.4, 0.5) is 0 Å². The van der Waals surface area contributed by atoms with Gasteiger partial charge < -0.3 is 20.1 Å². The smallest absolute Gasteiger partial charge is 0.191 e. The SMILES string of the molecule is CCNC(=NCCCOC1CCOCC1)NC(C)Cc1c(C)nn(C)c1C. The third-order valence-corrected chi connectivity index (χ3v) is 4.99. The second kappa shape index (κ2) is 11.3. The molecule has 2 heterocycles. The van der Waals surface area contributed by atoms with Gasteiger partial charge in [0.2, 0.25) is 0 Å². The monoisotopic (exact) mass is 379 g/mol. The quantitative estimate of drug-likeness (QED) is 0.391. The minimum Gasteiger partial charge on any atom is -0.381 e. The van der Waals surface area contributed by atoms with E-state index in [1.807, 2.05) is 11.7 Å². The first-order chi connectivity index (χ1) is 13.0. The lowest BCUT2D eigenvalue weighted by atomic mass is 10.1. The minimum absolute atomic E-state index is 0.280. The van der Waals surface area contributed by atoms with E-state index in [4.69, 9.17) is 14.5 Å². The predicted molar refractivity (Wildman–Crippen MR) is 109 cm³/mol. The minimum atomic E-state index is 0.280. The van der Waals surface area contributed by atoms with E-state index in [1.165, 1.54) is 11.3 Å². The second-order valence-corrected chi connectivity index (χ2v) is 7.32. The summed E-state index contributed by atoms with van der Waals surface area (Å²) in [7, 11) is 2.00. The van der Waals surface area contributed by atoms with Crippen molar-refractivity contribution < 1.29 is 9.47 Å². The summed E-state index contributed by atoms with van der Waals surface area (Å²) in [6, 6.07) is 0.280. The van der Waals surface area contributed by atoms with Crippen LogP contribution >= 0.6 is 0 Å². The standard InChI is InChI=1S/C20H37N5O2/c1-6-21-20(22-10-7-11-27-18-8-12-26-13-9-18)23-15(2)14-19-16(3)24-25(5)17(19)4/h15,18H,6-14H2,1-5H3,(H2,21,22,23). The molecule has 2 rings (SSSR count). The Balaban J connectivity index is 1.76. The maximum Gasteiger partial charge on any atom is 0.191 e. The van der Waals surface area contributed by atoms with Gasteiger partial charge in [-0.1, -0.05) is 0 Å². The van der Waals surface area contributed by atoms with Gasteiger partial charge in [0.15, 0.2) is 5.96 Å². The van der Waals surface area contributed by atoms with Crippen LogP contribution in [-0.2, 0) is 22.9 Å². The van der Waals surface area contributed by atoms with E-state index in [1.54, 1.807) is 0 Å². The van der Waals surface area contributed by atoms with E-state index in [0.29, 0.717) is 6.10 Å². The van der Waals surface area contributed by atoms with Crippen molar-refractivity contribution in [2.75, 3.05) is 32.9 Å². The van der Waals surface area contributed by atoms with Crippen LogP contribution in [0.25, 0.3) is 0 Å². The van der Waals surface area contributed by atoms with Gasteiger partial charge in [0.25, 0.3) is 0 Å². The van der Waals surface area contributed by atoms with E-state index >= 15 is 0 Å². The molecule has 1 aromatic rings. The Kier molecular flexibility index (Phi) is 9.07. The molecule has 7 nitrogen and oxygen atoms in total. The third kappa shape index (κ3) is 7.14. The van der Waals surface area contributed by atoms with Gasteiger partial charge in [-0.2, -0.15) is 5.10 Å². The van der Waals surface area contributed by atoms with Crippen molar-refractivity contribution in [3.63, 3.8) is 0 Å². The molecule has 7 heteroatoms. The first kappa shape index (κ1) is 21.7. The number of ether oxygens (including phenoxy) is 2. The fraction of sp³-hybridized carbons (Fsp3) is 0.800. The fourth-order valence-corrected chi connectivity index (χ4v) is 3.37. The molecule has 154 valence electrons. The van der Waals surface area contributed by atoms with Crippen molar-refractivity contribution in [3.05, 3.63) is 17.0 Å². The van der Waals surface area contributed by atoms with Crippen LogP contribution in [0.15, 0.2) is 4.99 Å². The van der Waals surface area contributed by atoms with Gasteiger partial charge in [-0.3, -0.25) is 9.67 Å². The molecule has 1 aliphatic rings. The van der Waals surface area contributed by atoms with Crippen molar-refractivity contribution >= 4 is 5.96 Å². The van der Waals surface area contributed by atoms with E-state index in [9.17, 15) is 0 Å². The highest BCUT2D eigenvalue weighted by Crippen LogP contribution is 2.14. The zero-order chi connectivity index (χ0) is 19.6. The summed E-state index contributed by atoms with van der Waals surface area (Å²) in [6.45, 7) is 12.5. The Morgan fingerprint density at radius 2 is 2.11 bits per heavy atom. The Hall–Kier alpha value is -1.60. The first-order valence-electron chi connectivity index (χ1n) is 10.2. The lowest BCUT2D eigenvalue weighted by Crippen LogP contribution is -2.43. The summed E-state index contributed by atoms with van der Waals surface area (Å²) in [4.78, 5) is 4.70. The molecule has 0 aliphatic carbocycles. The number of aromatic nitrogens is 2. The Labute approximate surface area is 163 Å². The molecule has 1 aliphatic heterocycles. The van der Waals surface area contributed by atoms with Crippen molar-refractivity contribution in [1.82, 2.24) is 20.4 Å². The van der Waals surface area contributed by atoms with Crippen LogP contribution in [0.3, 0.4) is 0 Å². The molecule has 1 aromatic heterocycles. The number of aryl methyl sites for hydroxylation is 2. The van der Waals surface area contributed by atoms with Gasteiger partial charge in [0.1, 0.15) is 0 Å². The summed E-state index contributed by atoms with van der Waals surface area (Å²) >= 11 is 0. The van der Waals surface area contributed by atoms with E-state index < -0.39 is 0 Å². The van der Waals surface area contributed by atoms with Gasteiger partial charge in [-0.05, 0) is 58.9 Å². The number of nitrogens with one attached hydrogen (secondary N) is 2. The normalized spacial score (nSPS) is 17.1. The van der Waals surface area contributed by atoms with Gasteiger partial charge in [-0.15, -0.1) is 0 Å². The van der Waals surface area contributed by atoms with Crippen molar-refractivity contribution in [2.24, 2.45) is 12.0 Å². The number of hydrogen-bond acceptors (Lipinski definition) is 4. The lowest BCUT2D eigenvalue weighted by molar-refractivity contribution is -0.0318. The van der Waals surface area contributed by atoms with Gasteiger partial charge in [0.05, 0.1) is 11.8 Å². The number of hydrogen-bond donors (Lipinski definition) is 2.